The number of aryl methyl sites for hydroxylation is 1. The minimum Gasteiger partial charge on any atom is -0.481 e. The second kappa shape index (κ2) is 5.75. The van der Waals surface area contributed by atoms with Crippen molar-refractivity contribution in [2.45, 2.75) is 26.3 Å². The molecule has 2 amide bonds. The molecule has 1 N–H and O–H groups in total. The summed E-state index contributed by atoms with van der Waals surface area (Å²) in [6.07, 6.45) is 4.65. The molecule has 7 nitrogen and oxygen atoms in total. The first kappa shape index (κ1) is 15.3. The van der Waals surface area contributed by atoms with Gasteiger partial charge in [0, 0.05) is 38.9 Å². The normalized spacial score (nSPS) is 21.6. The SMILES string of the molecule is CCC1(C(=O)O)CCN(C(=O)N(C)Cc2cnn(C)c2)C1. The lowest BCUT2D eigenvalue weighted by Crippen LogP contribution is -2.42. The van der Waals surface area contributed by atoms with E-state index in [-0.39, 0.29) is 12.6 Å². The highest BCUT2D eigenvalue weighted by atomic mass is 16.4. The Morgan fingerprint density at radius 1 is 1.52 bits per heavy atom. The predicted octanol–water partition coefficient (Wildman–Crippen LogP) is 1.16. The summed E-state index contributed by atoms with van der Waals surface area (Å²) >= 11 is 0. The molecule has 1 atom stereocenters. The molecule has 1 fully saturated rings. The minimum atomic E-state index is -0.810. The number of carboxylic acids is 1. The number of nitrogens with zero attached hydrogens (tertiary/aromatic N) is 4. The Bertz CT molecular complexity index is 542. The first-order valence-electron chi connectivity index (χ1n) is 7.09. The molecule has 0 bridgehead atoms. The van der Waals surface area contributed by atoms with Crippen molar-refractivity contribution in [3.8, 4) is 0 Å². The summed E-state index contributed by atoms with van der Waals surface area (Å²) in [6, 6.07) is -0.129. The summed E-state index contributed by atoms with van der Waals surface area (Å²) < 4.78 is 1.69. The van der Waals surface area contributed by atoms with Crippen LogP contribution in [0.3, 0.4) is 0 Å². The molecule has 1 aliphatic rings. The van der Waals surface area contributed by atoms with Crippen LogP contribution in [0.4, 0.5) is 4.79 Å². The van der Waals surface area contributed by atoms with E-state index < -0.39 is 11.4 Å². The van der Waals surface area contributed by atoms with Crippen molar-refractivity contribution in [1.29, 1.82) is 0 Å². The second-order valence-corrected chi connectivity index (χ2v) is 5.77. The number of urea groups is 1. The molecule has 0 aromatic carbocycles. The fourth-order valence-electron chi connectivity index (χ4n) is 2.79. The van der Waals surface area contributed by atoms with E-state index in [1.54, 1.807) is 27.7 Å². The number of aromatic nitrogens is 2. The van der Waals surface area contributed by atoms with Gasteiger partial charge in [0.15, 0.2) is 0 Å². The highest BCUT2D eigenvalue weighted by Gasteiger charge is 2.45. The van der Waals surface area contributed by atoms with Gasteiger partial charge in [0.25, 0.3) is 0 Å². The van der Waals surface area contributed by atoms with Crippen molar-refractivity contribution in [2.24, 2.45) is 12.5 Å². The fraction of sp³-hybridized carbons (Fsp3) is 0.643. The van der Waals surface area contributed by atoms with Gasteiger partial charge in [0.1, 0.15) is 0 Å². The third-order valence-corrected chi connectivity index (χ3v) is 4.26. The maximum Gasteiger partial charge on any atom is 0.320 e. The third-order valence-electron chi connectivity index (χ3n) is 4.26. The van der Waals surface area contributed by atoms with Crippen LogP contribution in [0.2, 0.25) is 0 Å². The molecule has 1 saturated heterocycles. The molecule has 116 valence electrons. The number of amides is 2. The molecule has 7 heteroatoms. The molecule has 2 rings (SSSR count). The Hall–Kier alpha value is -2.05. The number of hydrogen-bond acceptors (Lipinski definition) is 3. The van der Waals surface area contributed by atoms with Gasteiger partial charge < -0.3 is 14.9 Å². The zero-order valence-corrected chi connectivity index (χ0v) is 12.7. The Kier molecular flexibility index (Phi) is 4.20. The zero-order valence-electron chi connectivity index (χ0n) is 12.7. The number of likely N-dealkylation sites (tertiary alicyclic amines) is 1. The van der Waals surface area contributed by atoms with Crippen LogP contribution in [0, 0.1) is 5.41 Å². The smallest absolute Gasteiger partial charge is 0.320 e. The van der Waals surface area contributed by atoms with Crippen LogP contribution in [-0.4, -0.2) is 56.8 Å². The Labute approximate surface area is 124 Å². The van der Waals surface area contributed by atoms with Crippen molar-refractivity contribution >= 4 is 12.0 Å². The van der Waals surface area contributed by atoms with Crippen molar-refractivity contribution in [1.82, 2.24) is 19.6 Å². The molecule has 1 aromatic heterocycles. The monoisotopic (exact) mass is 294 g/mol. The summed E-state index contributed by atoms with van der Waals surface area (Å²) in [5, 5.41) is 13.5. The van der Waals surface area contributed by atoms with Crippen LogP contribution in [0.15, 0.2) is 12.4 Å². The second-order valence-electron chi connectivity index (χ2n) is 5.77. The fourth-order valence-corrected chi connectivity index (χ4v) is 2.79. The van der Waals surface area contributed by atoms with E-state index in [1.165, 1.54) is 0 Å². The summed E-state index contributed by atoms with van der Waals surface area (Å²) in [4.78, 5) is 27.1. The lowest BCUT2D eigenvalue weighted by atomic mass is 9.84. The number of carboxylic acid groups (broad SMARTS) is 1. The van der Waals surface area contributed by atoms with Gasteiger partial charge in [0.05, 0.1) is 18.2 Å². The highest BCUT2D eigenvalue weighted by Crippen LogP contribution is 2.34. The lowest BCUT2D eigenvalue weighted by molar-refractivity contribution is -0.148. The van der Waals surface area contributed by atoms with Gasteiger partial charge in [-0.05, 0) is 12.8 Å². The van der Waals surface area contributed by atoms with E-state index in [9.17, 15) is 14.7 Å². The molecule has 0 spiro atoms. The maximum atomic E-state index is 12.4. The molecule has 0 saturated carbocycles. The molecule has 1 aromatic rings. The third kappa shape index (κ3) is 3.01. The van der Waals surface area contributed by atoms with Crippen molar-refractivity contribution in [2.75, 3.05) is 20.1 Å². The quantitative estimate of drug-likeness (QED) is 0.903. The van der Waals surface area contributed by atoms with E-state index in [0.717, 1.165) is 5.56 Å². The van der Waals surface area contributed by atoms with Crippen LogP contribution in [0.5, 0.6) is 0 Å². The van der Waals surface area contributed by atoms with E-state index in [4.69, 9.17) is 0 Å². The molecular formula is C14H22N4O3. The molecule has 1 aliphatic heterocycles. The van der Waals surface area contributed by atoms with Crippen LogP contribution in [0.25, 0.3) is 0 Å². The maximum absolute atomic E-state index is 12.4. The van der Waals surface area contributed by atoms with E-state index in [2.05, 4.69) is 5.10 Å². The van der Waals surface area contributed by atoms with Crippen LogP contribution < -0.4 is 0 Å². The topological polar surface area (TPSA) is 78.7 Å². The minimum absolute atomic E-state index is 0.129. The van der Waals surface area contributed by atoms with Gasteiger partial charge in [-0.1, -0.05) is 6.92 Å². The molecular weight excluding hydrogens is 272 g/mol. The van der Waals surface area contributed by atoms with Gasteiger partial charge >= 0.3 is 12.0 Å². The van der Waals surface area contributed by atoms with Crippen molar-refractivity contribution in [3.05, 3.63) is 18.0 Å². The number of carbonyl (C=O) groups is 2. The van der Waals surface area contributed by atoms with Gasteiger partial charge in [-0.3, -0.25) is 9.48 Å². The van der Waals surface area contributed by atoms with Crippen molar-refractivity contribution < 1.29 is 14.7 Å². The molecule has 0 radical (unpaired) electrons. The van der Waals surface area contributed by atoms with Gasteiger partial charge in [-0.25, -0.2) is 4.79 Å². The molecule has 2 heterocycles. The Morgan fingerprint density at radius 2 is 2.24 bits per heavy atom. The molecule has 21 heavy (non-hydrogen) atoms. The number of carbonyl (C=O) groups excluding carboxylic acids is 1. The van der Waals surface area contributed by atoms with E-state index in [0.29, 0.717) is 25.9 Å². The number of rotatable bonds is 4. The Balaban J connectivity index is 1.99. The predicted molar refractivity (Wildman–Crippen MR) is 76.6 cm³/mol. The average molecular weight is 294 g/mol. The first-order chi connectivity index (χ1) is 9.88. The largest absolute Gasteiger partial charge is 0.481 e. The lowest BCUT2D eigenvalue weighted by Gasteiger charge is -2.26. The van der Waals surface area contributed by atoms with Crippen LogP contribution in [-0.2, 0) is 18.4 Å². The summed E-state index contributed by atoms with van der Waals surface area (Å²) in [5.74, 6) is -0.810. The van der Waals surface area contributed by atoms with E-state index in [1.807, 2.05) is 20.2 Å². The summed E-state index contributed by atoms with van der Waals surface area (Å²) in [7, 11) is 3.55. The standard InChI is InChI=1S/C14H22N4O3/c1-4-14(12(19)20)5-6-18(10-14)13(21)16(2)8-11-7-15-17(3)9-11/h7,9H,4-6,8,10H2,1-3H3,(H,19,20). The van der Waals surface area contributed by atoms with Gasteiger partial charge in [-0.15, -0.1) is 0 Å². The van der Waals surface area contributed by atoms with Gasteiger partial charge in [0.2, 0.25) is 0 Å². The number of aliphatic carboxylic acids is 1. The van der Waals surface area contributed by atoms with Crippen LogP contribution >= 0.6 is 0 Å². The van der Waals surface area contributed by atoms with E-state index >= 15 is 0 Å². The summed E-state index contributed by atoms with van der Waals surface area (Å²) in [5.41, 5.74) is 0.165. The molecule has 1 unspecified atom stereocenters. The molecule has 0 aliphatic carbocycles. The summed E-state index contributed by atoms with van der Waals surface area (Å²) in [6.45, 7) is 3.11. The first-order valence-corrected chi connectivity index (χ1v) is 7.09. The van der Waals surface area contributed by atoms with Crippen molar-refractivity contribution in [3.63, 3.8) is 0 Å². The highest BCUT2D eigenvalue weighted by molar-refractivity contribution is 5.79. The average Bonchev–Trinajstić information content (AvgIpc) is 3.05. The number of hydrogen-bond donors (Lipinski definition) is 1. The van der Waals surface area contributed by atoms with Gasteiger partial charge in [-0.2, -0.15) is 5.10 Å². The Morgan fingerprint density at radius 3 is 2.71 bits per heavy atom. The van der Waals surface area contributed by atoms with Crippen LogP contribution in [0.1, 0.15) is 25.3 Å². The zero-order chi connectivity index (χ0) is 15.6.